The van der Waals surface area contributed by atoms with E-state index in [0.717, 1.165) is 11.3 Å². The number of likely N-dealkylation sites (tertiary alicyclic amines) is 1. The minimum atomic E-state index is -3.75. The van der Waals surface area contributed by atoms with Gasteiger partial charge < -0.3 is 24.5 Å². The summed E-state index contributed by atoms with van der Waals surface area (Å²) in [5, 5.41) is 2.93. The van der Waals surface area contributed by atoms with Crippen LogP contribution in [0.15, 0.2) is 29.2 Å². The van der Waals surface area contributed by atoms with Gasteiger partial charge in [-0.25, -0.2) is 13.8 Å². The number of carbonyl (C=O) groups is 1. The van der Waals surface area contributed by atoms with Crippen molar-refractivity contribution < 1.29 is 36.6 Å². The summed E-state index contributed by atoms with van der Waals surface area (Å²) < 4.78 is 71.8. The highest BCUT2D eigenvalue weighted by molar-refractivity contribution is 7.22. The molecule has 0 radical (unpaired) electrons. The molecule has 5 heterocycles. The van der Waals surface area contributed by atoms with E-state index in [2.05, 4.69) is 24.8 Å². The zero-order valence-electron chi connectivity index (χ0n) is 21.9. The van der Waals surface area contributed by atoms with Gasteiger partial charge in [-0.2, -0.15) is 0 Å². The molecular formula is C26H27F4N5O5S. The maximum atomic E-state index is 15.2. The van der Waals surface area contributed by atoms with Crippen molar-refractivity contribution in [3.05, 3.63) is 45.9 Å². The van der Waals surface area contributed by atoms with Crippen LogP contribution in [0, 0.1) is 0 Å². The number of rotatable bonds is 6. The Kier molecular flexibility index (Phi) is 7.16. The van der Waals surface area contributed by atoms with Gasteiger partial charge in [-0.1, -0.05) is 11.3 Å². The maximum Gasteiger partial charge on any atom is 0.586 e. The summed E-state index contributed by atoms with van der Waals surface area (Å²) in [5.41, 5.74) is 0.729. The van der Waals surface area contributed by atoms with E-state index in [-0.39, 0.29) is 35.3 Å². The molecule has 15 heteroatoms. The monoisotopic (exact) mass is 597 g/mol. The lowest BCUT2D eigenvalue weighted by atomic mass is 9.86. The number of nitrogens with zero attached hydrogens (tertiary/aromatic N) is 3. The second kappa shape index (κ2) is 10.5. The zero-order chi connectivity index (χ0) is 28.9. The zero-order valence-corrected chi connectivity index (χ0v) is 22.7. The average Bonchev–Trinajstić information content (AvgIpc) is 3.45. The van der Waals surface area contributed by atoms with E-state index in [1.807, 2.05) is 4.90 Å². The van der Waals surface area contributed by atoms with Gasteiger partial charge in [0.1, 0.15) is 0 Å². The molecule has 3 aliphatic rings. The van der Waals surface area contributed by atoms with Crippen LogP contribution in [0.5, 0.6) is 11.5 Å². The first-order valence-corrected chi connectivity index (χ1v) is 13.9. The van der Waals surface area contributed by atoms with Gasteiger partial charge in [0.2, 0.25) is 5.91 Å². The molecule has 3 aliphatic heterocycles. The van der Waals surface area contributed by atoms with Crippen LogP contribution in [0.4, 0.5) is 22.7 Å². The van der Waals surface area contributed by atoms with Gasteiger partial charge in [-0.15, -0.1) is 8.78 Å². The van der Waals surface area contributed by atoms with Gasteiger partial charge in [0, 0.05) is 63.0 Å². The minimum absolute atomic E-state index is 0.00245. The summed E-state index contributed by atoms with van der Waals surface area (Å²) in [6, 6.07) is 3.43. The number of fused-ring (bicyclic) bond motifs is 2. The van der Waals surface area contributed by atoms with E-state index in [9.17, 15) is 18.4 Å². The van der Waals surface area contributed by atoms with Crippen LogP contribution < -0.4 is 20.3 Å². The molecule has 2 saturated heterocycles. The highest BCUT2D eigenvalue weighted by Crippen LogP contribution is 2.45. The van der Waals surface area contributed by atoms with Crippen molar-refractivity contribution in [3.63, 3.8) is 0 Å². The summed E-state index contributed by atoms with van der Waals surface area (Å²) >= 11 is 1.06. The lowest BCUT2D eigenvalue weighted by Crippen LogP contribution is -2.52. The largest absolute Gasteiger partial charge is 0.586 e. The lowest BCUT2D eigenvalue weighted by molar-refractivity contribution is -0.286. The third-order valence-electron chi connectivity index (χ3n) is 7.63. The summed E-state index contributed by atoms with van der Waals surface area (Å²) in [7, 11) is 0. The van der Waals surface area contributed by atoms with Crippen molar-refractivity contribution >= 4 is 32.6 Å². The van der Waals surface area contributed by atoms with Gasteiger partial charge in [-0.3, -0.25) is 19.4 Å². The topological polar surface area (TPSA) is 109 Å². The number of benzene rings is 1. The SMILES string of the molecule is C[C@@H](C(=O)Nc1nc2cc3c(cc2s1)OC(F)(F)O3)N1CCC(F)(F)[C@H](c2c[nH]c(=O)c(CN3CCOCC3)c2)C1. The quantitative estimate of drug-likeness (QED) is 0.415. The Morgan fingerprint density at radius 2 is 1.90 bits per heavy atom. The van der Waals surface area contributed by atoms with Crippen molar-refractivity contribution in [2.24, 2.45) is 0 Å². The number of halogens is 4. The first kappa shape index (κ1) is 27.9. The molecule has 3 aromatic rings. The first-order valence-electron chi connectivity index (χ1n) is 13.1. The summed E-state index contributed by atoms with van der Waals surface area (Å²) in [5.74, 6) is -5.00. The molecule has 0 saturated carbocycles. The van der Waals surface area contributed by atoms with Gasteiger partial charge >= 0.3 is 6.29 Å². The van der Waals surface area contributed by atoms with E-state index in [1.54, 1.807) is 17.9 Å². The Balaban J connectivity index is 1.15. The van der Waals surface area contributed by atoms with Gasteiger partial charge in [-0.05, 0) is 18.6 Å². The number of alkyl halides is 4. The fourth-order valence-corrected chi connectivity index (χ4v) is 6.18. The smallest absolute Gasteiger partial charge is 0.395 e. The molecule has 0 spiro atoms. The number of ether oxygens (including phenoxy) is 3. The number of hydrogen-bond acceptors (Lipinski definition) is 9. The number of morpholine rings is 1. The molecule has 0 unspecified atom stereocenters. The Labute approximate surface area is 235 Å². The number of aromatic nitrogens is 2. The number of thiazole rings is 1. The van der Waals surface area contributed by atoms with Crippen LogP contribution >= 0.6 is 11.3 Å². The lowest BCUT2D eigenvalue weighted by Gasteiger charge is -2.40. The Bertz CT molecular complexity index is 1480. The minimum Gasteiger partial charge on any atom is -0.395 e. The molecule has 2 atom stereocenters. The van der Waals surface area contributed by atoms with E-state index in [4.69, 9.17) is 4.74 Å². The highest BCUT2D eigenvalue weighted by Gasteiger charge is 2.47. The third kappa shape index (κ3) is 5.76. The van der Waals surface area contributed by atoms with Crippen LogP contribution in [-0.4, -0.2) is 83.3 Å². The number of pyridine rings is 1. The second-order valence-corrected chi connectivity index (χ2v) is 11.4. The van der Waals surface area contributed by atoms with Gasteiger partial charge in [0.25, 0.3) is 11.5 Å². The van der Waals surface area contributed by atoms with Crippen LogP contribution in [0.1, 0.15) is 30.4 Å². The molecule has 0 aliphatic carbocycles. The normalized spacial score (nSPS) is 23.0. The molecular weight excluding hydrogens is 570 g/mol. The third-order valence-corrected chi connectivity index (χ3v) is 8.56. The van der Waals surface area contributed by atoms with Crippen molar-refractivity contribution in [2.75, 3.05) is 44.7 Å². The molecule has 41 heavy (non-hydrogen) atoms. The summed E-state index contributed by atoms with van der Waals surface area (Å²) in [6.07, 6.45) is -2.87. The van der Waals surface area contributed by atoms with Crippen molar-refractivity contribution in [2.45, 2.75) is 44.1 Å². The van der Waals surface area contributed by atoms with E-state index in [1.165, 1.54) is 18.3 Å². The predicted molar refractivity (Wildman–Crippen MR) is 141 cm³/mol. The molecule has 2 aromatic heterocycles. The van der Waals surface area contributed by atoms with Crippen LogP contribution in [0.3, 0.4) is 0 Å². The molecule has 2 fully saturated rings. The molecule has 0 bridgehead atoms. The number of anilines is 1. The van der Waals surface area contributed by atoms with E-state index in [0.29, 0.717) is 54.2 Å². The fourth-order valence-electron chi connectivity index (χ4n) is 5.30. The van der Waals surface area contributed by atoms with Crippen LogP contribution in [-0.2, 0) is 16.1 Å². The Hall–Kier alpha value is -3.27. The first-order chi connectivity index (χ1) is 19.5. The van der Waals surface area contributed by atoms with Crippen LogP contribution in [0.25, 0.3) is 10.2 Å². The Morgan fingerprint density at radius 1 is 1.17 bits per heavy atom. The second-order valence-electron chi connectivity index (χ2n) is 10.4. The highest BCUT2D eigenvalue weighted by atomic mass is 32.1. The number of carbonyl (C=O) groups excluding carboxylic acids is 1. The van der Waals surface area contributed by atoms with Gasteiger partial charge in [0.05, 0.1) is 35.4 Å². The number of piperidine rings is 1. The van der Waals surface area contributed by atoms with E-state index >= 15 is 8.78 Å². The van der Waals surface area contributed by atoms with Crippen LogP contribution in [0.2, 0.25) is 0 Å². The fraction of sp³-hybridized carbons (Fsp3) is 0.500. The number of hydrogen-bond donors (Lipinski definition) is 2. The van der Waals surface area contributed by atoms with E-state index < -0.39 is 36.5 Å². The molecule has 220 valence electrons. The molecule has 6 rings (SSSR count). The number of amides is 1. The number of nitrogens with one attached hydrogen (secondary N) is 2. The molecule has 2 N–H and O–H groups in total. The van der Waals surface area contributed by atoms with Crippen molar-refractivity contribution in [3.8, 4) is 11.5 Å². The van der Waals surface area contributed by atoms with Crippen molar-refractivity contribution in [1.29, 1.82) is 0 Å². The van der Waals surface area contributed by atoms with Crippen molar-refractivity contribution in [1.82, 2.24) is 19.8 Å². The summed E-state index contributed by atoms with van der Waals surface area (Å²) in [4.78, 5) is 36.2. The average molecular weight is 598 g/mol. The Morgan fingerprint density at radius 3 is 2.66 bits per heavy atom. The molecule has 1 aromatic carbocycles. The number of aromatic amines is 1. The summed E-state index contributed by atoms with van der Waals surface area (Å²) in [6.45, 7) is 4.26. The molecule has 1 amide bonds. The number of H-pyrrole nitrogens is 1. The standard InChI is InChI=1S/C26H27F4N5O5S/c1-14(22(36)33-24-32-18-9-19-20(10-21(18)41-24)40-26(29,30)39-19)35-3-2-25(27,28)17(13-35)15-8-16(23(37)31-11-15)12-34-4-6-38-7-5-34/h8-11,14,17H,2-7,12-13H2,1H3,(H,31,37)(H,32,33,36)/t14-,17-/m0/s1. The predicted octanol–water partition coefficient (Wildman–Crippen LogP) is 3.59. The van der Waals surface area contributed by atoms with Gasteiger partial charge in [0.15, 0.2) is 16.6 Å². The maximum absolute atomic E-state index is 15.2. The molecule has 10 nitrogen and oxygen atoms in total.